The van der Waals surface area contributed by atoms with Gasteiger partial charge in [-0.15, -0.1) is 0 Å². The van der Waals surface area contributed by atoms with E-state index in [0.29, 0.717) is 0 Å². The van der Waals surface area contributed by atoms with Gasteiger partial charge in [0.05, 0.1) is 6.54 Å². The average molecular weight is 297 g/mol. The summed E-state index contributed by atoms with van der Waals surface area (Å²) in [6, 6.07) is 3.85. The Balaban J connectivity index is 1.68. The minimum atomic E-state index is 0.722. The molecule has 1 aromatic carbocycles. The molecule has 1 aromatic heterocycles. The van der Waals surface area contributed by atoms with Crippen molar-refractivity contribution >= 4 is 23.2 Å². The van der Waals surface area contributed by atoms with Crippen molar-refractivity contribution in [2.75, 3.05) is 13.1 Å². The van der Waals surface area contributed by atoms with Crippen LogP contribution in [0.1, 0.15) is 11.1 Å². The van der Waals surface area contributed by atoms with E-state index in [1.54, 1.807) is 12.7 Å². The molecule has 0 spiro atoms. The van der Waals surface area contributed by atoms with Gasteiger partial charge in [0.1, 0.15) is 12.7 Å². The Morgan fingerprint density at radius 3 is 2.89 bits per heavy atom. The maximum Gasteiger partial charge on any atom is 0.137 e. The fourth-order valence-corrected chi connectivity index (χ4v) is 3.02. The maximum absolute atomic E-state index is 6.27. The lowest BCUT2D eigenvalue weighted by Crippen LogP contribution is -2.33. The van der Waals surface area contributed by atoms with E-state index in [-0.39, 0.29) is 0 Å². The summed E-state index contributed by atoms with van der Waals surface area (Å²) in [6.45, 7) is 3.70. The van der Waals surface area contributed by atoms with Crippen molar-refractivity contribution in [3.8, 4) is 0 Å². The molecule has 2 aromatic rings. The predicted molar refractivity (Wildman–Crippen MR) is 75.5 cm³/mol. The van der Waals surface area contributed by atoms with Crippen molar-refractivity contribution in [2.24, 2.45) is 0 Å². The van der Waals surface area contributed by atoms with Crippen LogP contribution in [-0.4, -0.2) is 32.8 Å². The Morgan fingerprint density at radius 2 is 2.11 bits per heavy atom. The van der Waals surface area contributed by atoms with Crippen molar-refractivity contribution in [1.82, 2.24) is 19.7 Å². The highest BCUT2D eigenvalue weighted by molar-refractivity contribution is 6.35. The predicted octanol–water partition coefficient (Wildman–Crippen LogP) is 2.64. The Bertz CT molecular complexity index is 568. The quantitative estimate of drug-likeness (QED) is 0.873. The normalized spacial score (nSPS) is 15.5. The van der Waals surface area contributed by atoms with E-state index in [0.717, 1.165) is 42.6 Å². The Morgan fingerprint density at radius 1 is 1.21 bits per heavy atom. The summed E-state index contributed by atoms with van der Waals surface area (Å²) in [5.41, 5.74) is 2.48. The van der Waals surface area contributed by atoms with Gasteiger partial charge in [0.15, 0.2) is 0 Å². The molecule has 4 nitrogen and oxygen atoms in total. The lowest BCUT2D eigenvalue weighted by molar-refractivity contribution is 0.240. The zero-order valence-electron chi connectivity index (χ0n) is 10.4. The van der Waals surface area contributed by atoms with Crippen LogP contribution in [0, 0.1) is 0 Å². The second-order valence-corrected chi connectivity index (χ2v) is 5.55. The highest BCUT2D eigenvalue weighted by Crippen LogP contribution is 2.29. The third kappa shape index (κ3) is 2.91. The lowest BCUT2D eigenvalue weighted by atomic mass is 10.00. The number of benzene rings is 1. The molecule has 0 atom stereocenters. The van der Waals surface area contributed by atoms with Gasteiger partial charge in [-0.2, -0.15) is 5.10 Å². The zero-order chi connectivity index (χ0) is 13.2. The fraction of sp³-hybridized carbons (Fsp3) is 0.385. The van der Waals surface area contributed by atoms with Gasteiger partial charge in [0, 0.05) is 29.7 Å². The number of hydrogen-bond donors (Lipinski definition) is 0. The Labute approximate surface area is 122 Å². The molecular formula is C13H14Cl2N4. The van der Waals surface area contributed by atoms with Crippen LogP contribution in [-0.2, 0) is 19.5 Å². The molecule has 0 aliphatic carbocycles. The standard InChI is InChI=1S/C13H14Cl2N4/c14-11-5-10-1-2-18(7-12(10)13(15)6-11)3-4-19-9-16-8-17-19/h5-6,8-9H,1-4,7H2. The summed E-state index contributed by atoms with van der Waals surface area (Å²) >= 11 is 12.3. The van der Waals surface area contributed by atoms with Crippen molar-refractivity contribution in [2.45, 2.75) is 19.5 Å². The van der Waals surface area contributed by atoms with E-state index in [1.807, 2.05) is 16.8 Å². The second kappa shape index (κ2) is 5.49. The highest BCUT2D eigenvalue weighted by atomic mass is 35.5. The van der Waals surface area contributed by atoms with E-state index in [1.165, 1.54) is 11.1 Å². The SMILES string of the molecule is Clc1cc(Cl)c2c(c1)CCN(CCn1cncn1)C2. The molecule has 0 saturated heterocycles. The van der Waals surface area contributed by atoms with Crippen molar-refractivity contribution in [1.29, 1.82) is 0 Å². The number of fused-ring (bicyclic) bond motifs is 1. The number of nitrogens with zero attached hydrogens (tertiary/aromatic N) is 4. The monoisotopic (exact) mass is 296 g/mol. The summed E-state index contributed by atoms with van der Waals surface area (Å²) in [5, 5.41) is 5.60. The van der Waals surface area contributed by atoms with Gasteiger partial charge >= 0.3 is 0 Å². The third-order valence-corrected chi connectivity index (χ3v) is 4.00. The van der Waals surface area contributed by atoms with E-state index < -0.39 is 0 Å². The molecule has 100 valence electrons. The molecule has 0 fully saturated rings. The first-order chi connectivity index (χ1) is 9.22. The first-order valence-electron chi connectivity index (χ1n) is 6.24. The summed E-state index contributed by atoms with van der Waals surface area (Å²) in [6.07, 6.45) is 4.29. The highest BCUT2D eigenvalue weighted by Gasteiger charge is 2.19. The molecule has 0 bridgehead atoms. The summed E-state index contributed by atoms with van der Waals surface area (Å²) in [4.78, 5) is 6.32. The number of rotatable bonds is 3. The first-order valence-corrected chi connectivity index (χ1v) is 6.99. The van der Waals surface area contributed by atoms with Gasteiger partial charge in [-0.1, -0.05) is 23.2 Å². The Hall–Kier alpha value is -1.10. The molecule has 0 N–H and O–H groups in total. The topological polar surface area (TPSA) is 34.0 Å². The molecule has 2 heterocycles. The molecular weight excluding hydrogens is 283 g/mol. The Kier molecular flexibility index (Phi) is 3.73. The molecule has 3 rings (SSSR count). The molecule has 0 radical (unpaired) electrons. The van der Waals surface area contributed by atoms with Crippen LogP contribution in [0.2, 0.25) is 10.0 Å². The van der Waals surface area contributed by atoms with Crippen LogP contribution in [0.5, 0.6) is 0 Å². The summed E-state index contributed by atoms with van der Waals surface area (Å²) in [5.74, 6) is 0. The third-order valence-electron chi connectivity index (χ3n) is 3.44. The smallest absolute Gasteiger partial charge is 0.137 e. The van der Waals surface area contributed by atoms with E-state index >= 15 is 0 Å². The van der Waals surface area contributed by atoms with Crippen molar-refractivity contribution in [3.05, 3.63) is 46.0 Å². The number of aromatic nitrogens is 3. The second-order valence-electron chi connectivity index (χ2n) is 4.71. The van der Waals surface area contributed by atoms with E-state index in [2.05, 4.69) is 15.0 Å². The van der Waals surface area contributed by atoms with Crippen LogP contribution in [0.25, 0.3) is 0 Å². The van der Waals surface area contributed by atoms with E-state index in [4.69, 9.17) is 23.2 Å². The van der Waals surface area contributed by atoms with Crippen LogP contribution in [0.4, 0.5) is 0 Å². The molecule has 0 amide bonds. The van der Waals surface area contributed by atoms with Gasteiger partial charge in [0.2, 0.25) is 0 Å². The van der Waals surface area contributed by atoms with Crippen molar-refractivity contribution in [3.63, 3.8) is 0 Å². The van der Waals surface area contributed by atoms with Crippen LogP contribution in [0.15, 0.2) is 24.8 Å². The molecule has 6 heteroatoms. The van der Waals surface area contributed by atoms with Crippen LogP contribution in [0.3, 0.4) is 0 Å². The minimum Gasteiger partial charge on any atom is -0.297 e. The fourth-order valence-electron chi connectivity index (χ4n) is 2.42. The number of hydrogen-bond acceptors (Lipinski definition) is 3. The minimum absolute atomic E-state index is 0.722. The summed E-state index contributed by atoms with van der Waals surface area (Å²) < 4.78 is 1.85. The maximum atomic E-state index is 6.27. The molecule has 1 aliphatic heterocycles. The molecule has 0 saturated carbocycles. The van der Waals surface area contributed by atoms with Gasteiger partial charge in [0.25, 0.3) is 0 Å². The van der Waals surface area contributed by atoms with Gasteiger partial charge in [-0.25, -0.2) is 4.98 Å². The largest absolute Gasteiger partial charge is 0.297 e. The summed E-state index contributed by atoms with van der Waals surface area (Å²) in [7, 11) is 0. The molecule has 19 heavy (non-hydrogen) atoms. The average Bonchev–Trinajstić information content (AvgIpc) is 2.89. The first kappa shape index (κ1) is 12.9. The van der Waals surface area contributed by atoms with Crippen LogP contribution >= 0.6 is 23.2 Å². The van der Waals surface area contributed by atoms with Gasteiger partial charge in [-0.05, 0) is 29.7 Å². The molecule has 1 aliphatic rings. The van der Waals surface area contributed by atoms with E-state index in [9.17, 15) is 0 Å². The van der Waals surface area contributed by atoms with Gasteiger partial charge in [-0.3, -0.25) is 9.58 Å². The van der Waals surface area contributed by atoms with Gasteiger partial charge < -0.3 is 0 Å². The van der Waals surface area contributed by atoms with Crippen LogP contribution < -0.4 is 0 Å². The zero-order valence-corrected chi connectivity index (χ0v) is 11.9. The lowest BCUT2D eigenvalue weighted by Gasteiger charge is -2.29. The van der Waals surface area contributed by atoms with Crippen molar-refractivity contribution < 1.29 is 0 Å². The molecule has 0 unspecified atom stereocenters. The number of halogens is 2.